The van der Waals surface area contributed by atoms with Gasteiger partial charge in [0.2, 0.25) is 0 Å². The number of nitriles is 1. The lowest BCUT2D eigenvalue weighted by atomic mass is 10.1. The van der Waals surface area contributed by atoms with Gasteiger partial charge in [-0.15, -0.1) is 0 Å². The van der Waals surface area contributed by atoms with Gasteiger partial charge in [-0.2, -0.15) is 5.26 Å². The molecule has 0 atom stereocenters. The number of para-hydroxylation sites is 2. The van der Waals surface area contributed by atoms with Gasteiger partial charge in [0.1, 0.15) is 5.82 Å². The van der Waals surface area contributed by atoms with Gasteiger partial charge in [0.05, 0.1) is 22.7 Å². The zero-order valence-corrected chi connectivity index (χ0v) is 13.8. The Hall–Kier alpha value is -3.38. The number of aromatic nitrogens is 2. The Bertz CT molecular complexity index is 1060. The van der Waals surface area contributed by atoms with Crippen LogP contribution < -0.4 is 0 Å². The molecule has 0 N–H and O–H groups in total. The van der Waals surface area contributed by atoms with E-state index < -0.39 is 0 Å². The minimum absolute atomic E-state index is 0.687. The summed E-state index contributed by atoms with van der Waals surface area (Å²) in [5.41, 5.74) is 5.16. The monoisotopic (exact) mass is 323 g/mol. The van der Waals surface area contributed by atoms with Crippen LogP contribution >= 0.6 is 0 Å². The average molecular weight is 323 g/mol. The minimum Gasteiger partial charge on any atom is -0.323 e. The van der Waals surface area contributed by atoms with Crippen LogP contribution in [-0.4, -0.2) is 9.55 Å². The largest absolute Gasteiger partial charge is 0.323 e. The number of benzene rings is 3. The number of fused-ring (bicyclic) bond motifs is 1. The van der Waals surface area contributed by atoms with E-state index in [9.17, 15) is 0 Å². The Kier molecular flexibility index (Phi) is 4.02. The van der Waals surface area contributed by atoms with Gasteiger partial charge in [-0.05, 0) is 35.4 Å². The first kappa shape index (κ1) is 15.2. The SMILES string of the molecule is N#Cc1cccc(Cn2c(Cc3ccccc3)nc3ccccc32)c1. The molecule has 0 amide bonds. The summed E-state index contributed by atoms with van der Waals surface area (Å²) in [6, 6.07) is 28.6. The first-order valence-electron chi connectivity index (χ1n) is 8.30. The van der Waals surface area contributed by atoms with Gasteiger partial charge in [0.15, 0.2) is 0 Å². The first-order chi connectivity index (χ1) is 12.3. The Morgan fingerprint density at radius 3 is 2.44 bits per heavy atom. The Morgan fingerprint density at radius 2 is 1.60 bits per heavy atom. The lowest BCUT2D eigenvalue weighted by molar-refractivity contribution is 0.762. The maximum Gasteiger partial charge on any atom is 0.114 e. The predicted molar refractivity (Wildman–Crippen MR) is 99.2 cm³/mol. The van der Waals surface area contributed by atoms with Crippen molar-refractivity contribution in [2.45, 2.75) is 13.0 Å². The molecular weight excluding hydrogens is 306 g/mol. The van der Waals surface area contributed by atoms with E-state index in [1.807, 2.05) is 42.5 Å². The smallest absolute Gasteiger partial charge is 0.114 e. The van der Waals surface area contributed by atoms with Crippen molar-refractivity contribution in [3.63, 3.8) is 0 Å². The van der Waals surface area contributed by atoms with Crippen molar-refractivity contribution >= 4 is 11.0 Å². The molecule has 4 rings (SSSR count). The normalized spacial score (nSPS) is 10.7. The van der Waals surface area contributed by atoms with E-state index in [1.54, 1.807) is 0 Å². The van der Waals surface area contributed by atoms with Crippen molar-refractivity contribution in [2.75, 3.05) is 0 Å². The summed E-state index contributed by atoms with van der Waals surface area (Å²) < 4.78 is 2.25. The van der Waals surface area contributed by atoms with Gasteiger partial charge in [0.25, 0.3) is 0 Å². The third kappa shape index (κ3) is 3.15. The van der Waals surface area contributed by atoms with Crippen LogP contribution in [0.3, 0.4) is 0 Å². The van der Waals surface area contributed by atoms with Crippen LogP contribution in [0.2, 0.25) is 0 Å². The molecule has 3 nitrogen and oxygen atoms in total. The highest BCUT2D eigenvalue weighted by molar-refractivity contribution is 5.76. The number of nitrogens with zero attached hydrogens (tertiary/aromatic N) is 3. The van der Waals surface area contributed by atoms with Gasteiger partial charge in [-0.25, -0.2) is 4.98 Å². The van der Waals surface area contributed by atoms with E-state index in [-0.39, 0.29) is 0 Å². The van der Waals surface area contributed by atoms with E-state index in [0.29, 0.717) is 12.1 Å². The van der Waals surface area contributed by atoms with E-state index in [0.717, 1.165) is 28.8 Å². The van der Waals surface area contributed by atoms with Crippen LogP contribution in [0.25, 0.3) is 11.0 Å². The lowest BCUT2D eigenvalue weighted by Gasteiger charge is -2.10. The number of rotatable bonds is 4. The van der Waals surface area contributed by atoms with Crippen molar-refractivity contribution in [2.24, 2.45) is 0 Å². The average Bonchev–Trinajstić information content (AvgIpc) is 3.00. The summed E-state index contributed by atoms with van der Waals surface area (Å²) in [5.74, 6) is 1.04. The van der Waals surface area contributed by atoms with Crippen molar-refractivity contribution in [1.82, 2.24) is 9.55 Å². The molecule has 0 aliphatic heterocycles. The number of imidazole rings is 1. The molecule has 0 aliphatic carbocycles. The molecule has 1 heterocycles. The van der Waals surface area contributed by atoms with Gasteiger partial charge in [-0.3, -0.25) is 0 Å². The zero-order valence-electron chi connectivity index (χ0n) is 13.8. The van der Waals surface area contributed by atoms with Crippen LogP contribution in [0.15, 0.2) is 78.9 Å². The summed E-state index contributed by atoms with van der Waals surface area (Å²) in [6.45, 7) is 0.707. The molecule has 0 unspecified atom stereocenters. The molecule has 120 valence electrons. The molecule has 1 aromatic heterocycles. The van der Waals surface area contributed by atoms with Crippen LogP contribution in [0.5, 0.6) is 0 Å². The van der Waals surface area contributed by atoms with Gasteiger partial charge < -0.3 is 4.57 Å². The molecule has 3 heteroatoms. The number of hydrogen-bond donors (Lipinski definition) is 0. The molecule has 0 spiro atoms. The standard InChI is InChI=1S/C22H17N3/c23-15-18-9-6-10-19(13-18)16-25-21-12-5-4-11-20(21)24-22(25)14-17-7-2-1-3-8-17/h1-13H,14,16H2. The van der Waals surface area contributed by atoms with Crippen molar-refractivity contribution < 1.29 is 0 Å². The van der Waals surface area contributed by atoms with Gasteiger partial charge in [0, 0.05) is 13.0 Å². The molecule has 0 bridgehead atoms. The van der Waals surface area contributed by atoms with Crippen molar-refractivity contribution in [1.29, 1.82) is 5.26 Å². The Labute approximate surface area is 146 Å². The van der Waals surface area contributed by atoms with Crippen LogP contribution in [0.1, 0.15) is 22.5 Å². The van der Waals surface area contributed by atoms with Crippen LogP contribution in [0, 0.1) is 11.3 Å². The molecule has 4 aromatic rings. The zero-order chi connectivity index (χ0) is 17.1. The highest BCUT2D eigenvalue weighted by Crippen LogP contribution is 2.20. The minimum atomic E-state index is 0.687. The molecule has 0 fully saturated rings. The molecule has 0 radical (unpaired) electrons. The molecule has 3 aromatic carbocycles. The van der Waals surface area contributed by atoms with Gasteiger partial charge >= 0.3 is 0 Å². The second kappa shape index (κ2) is 6.62. The number of hydrogen-bond acceptors (Lipinski definition) is 2. The highest BCUT2D eigenvalue weighted by atomic mass is 15.1. The van der Waals surface area contributed by atoms with Crippen molar-refractivity contribution in [3.8, 4) is 6.07 Å². The molecular formula is C22H17N3. The summed E-state index contributed by atoms with van der Waals surface area (Å²) in [7, 11) is 0. The predicted octanol–water partition coefficient (Wildman–Crippen LogP) is 4.55. The summed E-state index contributed by atoms with van der Waals surface area (Å²) in [4.78, 5) is 4.84. The van der Waals surface area contributed by atoms with E-state index in [1.165, 1.54) is 5.56 Å². The molecule has 0 saturated carbocycles. The van der Waals surface area contributed by atoms with E-state index >= 15 is 0 Å². The third-order valence-corrected chi connectivity index (χ3v) is 4.34. The Morgan fingerprint density at radius 1 is 0.840 bits per heavy atom. The summed E-state index contributed by atoms with van der Waals surface area (Å²) in [6.07, 6.45) is 0.785. The second-order valence-corrected chi connectivity index (χ2v) is 6.08. The van der Waals surface area contributed by atoms with E-state index in [2.05, 4.69) is 47.0 Å². The molecule has 0 aliphatic rings. The molecule has 25 heavy (non-hydrogen) atoms. The van der Waals surface area contributed by atoms with Crippen LogP contribution in [0.4, 0.5) is 0 Å². The fraction of sp³-hybridized carbons (Fsp3) is 0.0909. The van der Waals surface area contributed by atoms with Gasteiger partial charge in [-0.1, -0.05) is 54.6 Å². The quantitative estimate of drug-likeness (QED) is 0.553. The fourth-order valence-corrected chi connectivity index (χ4v) is 3.14. The fourth-order valence-electron chi connectivity index (χ4n) is 3.14. The topological polar surface area (TPSA) is 41.6 Å². The second-order valence-electron chi connectivity index (χ2n) is 6.08. The maximum atomic E-state index is 9.14. The third-order valence-electron chi connectivity index (χ3n) is 4.34. The lowest BCUT2D eigenvalue weighted by Crippen LogP contribution is -2.06. The van der Waals surface area contributed by atoms with Crippen LogP contribution in [-0.2, 0) is 13.0 Å². The Balaban J connectivity index is 1.77. The summed E-state index contributed by atoms with van der Waals surface area (Å²) >= 11 is 0. The van der Waals surface area contributed by atoms with Crippen molar-refractivity contribution in [3.05, 3.63) is 101 Å². The summed E-state index contributed by atoms with van der Waals surface area (Å²) in [5, 5.41) is 9.14. The first-order valence-corrected chi connectivity index (χ1v) is 8.30. The van der Waals surface area contributed by atoms with E-state index in [4.69, 9.17) is 10.2 Å². The highest BCUT2D eigenvalue weighted by Gasteiger charge is 2.11. The molecule has 0 saturated heterocycles. The maximum absolute atomic E-state index is 9.14.